The summed E-state index contributed by atoms with van der Waals surface area (Å²) in [5, 5.41) is 9.14. The maximum Gasteiger partial charge on any atom is 0.152 e. The number of piperidine rings is 1. The number of anilines is 1. The second kappa shape index (κ2) is 6.03. The molecule has 0 radical (unpaired) electrons. The molecule has 3 heterocycles. The van der Waals surface area contributed by atoms with Crippen molar-refractivity contribution in [2.45, 2.75) is 18.8 Å². The van der Waals surface area contributed by atoms with Crippen molar-refractivity contribution in [1.29, 1.82) is 0 Å². The number of nitrogens with zero attached hydrogens (tertiary/aromatic N) is 4. The van der Waals surface area contributed by atoms with Crippen molar-refractivity contribution in [2.24, 2.45) is 0 Å². The lowest BCUT2D eigenvalue weighted by molar-refractivity contribution is 0.160. The van der Waals surface area contributed by atoms with Gasteiger partial charge in [0.1, 0.15) is 0 Å². The van der Waals surface area contributed by atoms with Gasteiger partial charge in [-0.3, -0.25) is 0 Å². The summed E-state index contributed by atoms with van der Waals surface area (Å²) >= 11 is 0. The van der Waals surface area contributed by atoms with Crippen molar-refractivity contribution < 1.29 is 5.11 Å². The standard InChI is InChI=1S/C16H24N4O/c1-18(2)16-15-6-4-8-20(15)12-14(17-16)13-5-3-7-19(11-13)9-10-21/h4,6,8,12-13,21H,3,5,7,9-11H2,1-2H3. The average molecular weight is 288 g/mol. The number of β-amino-alcohol motifs (C(OH)–C–C–N with tert-alkyl or cyclic N) is 1. The van der Waals surface area contributed by atoms with Gasteiger partial charge >= 0.3 is 0 Å². The highest BCUT2D eigenvalue weighted by molar-refractivity contribution is 5.69. The van der Waals surface area contributed by atoms with E-state index in [0.717, 1.165) is 36.7 Å². The summed E-state index contributed by atoms with van der Waals surface area (Å²) in [6.45, 7) is 3.08. The van der Waals surface area contributed by atoms with Crippen molar-refractivity contribution >= 4 is 11.3 Å². The number of aliphatic hydroxyl groups excluding tert-OH is 1. The fourth-order valence-corrected chi connectivity index (χ4v) is 3.21. The Balaban J connectivity index is 1.92. The zero-order chi connectivity index (χ0) is 14.8. The fourth-order valence-electron chi connectivity index (χ4n) is 3.21. The van der Waals surface area contributed by atoms with Gasteiger partial charge in [-0.25, -0.2) is 4.98 Å². The van der Waals surface area contributed by atoms with Crippen LogP contribution in [0.2, 0.25) is 0 Å². The smallest absolute Gasteiger partial charge is 0.152 e. The van der Waals surface area contributed by atoms with E-state index in [2.05, 4.69) is 38.7 Å². The molecular weight excluding hydrogens is 264 g/mol. The van der Waals surface area contributed by atoms with E-state index in [0.29, 0.717) is 5.92 Å². The predicted molar refractivity (Wildman–Crippen MR) is 85.0 cm³/mol. The number of hydrogen-bond donors (Lipinski definition) is 1. The highest BCUT2D eigenvalue weighted by Gasteiger charge is 2.23. The van der Waals surface area contributed by atoms with Crippen LogP contribution in [0.15, 0.2) is 24.5 Å². The Bertz CT molecular complexity index is 605. The lowest BCUT2D eigenvalue weighted by Gasteiger charge is -2.32. The molecule has 0 saturated carbocycles. The van der Waals surface area contributed by atoms with Crippen LogP contribution >= 0.6 is 0 Å². The Morgan fingerprint density at radius 1 is 1.43 bits per heavy atom. The first kappa shape index (κ1) is 14.4. The summed E-state index contributed by atoms with van der Waals surface area (Å²) in [5.74, 6) is 1.48. The van der Waals surface area contributed by atoms with Gasteiger partial charge in [0.05, 0.1) is 17.8 Å². The topological polar surface area (TPSA) is 44.0 Å². The molecule has 1 unspecified atom stereocenters. The van der Waals surface area contributed by atoms with E-state index in [1.165, 1.54) is 12.8 Å². The number of fused-ring (bicyclic) bond motifs is 1. The second-order valence-corrected chi connectivity index (χ2v) is 6.05. The molecule has 1 atom stereocenters. The van der Waals surface area contributed by atoms with Crippen LogP contribution in [0.1, 0.15) is 24.5 Å². The normalized spacial score (nSPS) is 20.0. The van der Waals surface area contributed by atoms with Gasteiger partial charge in [0, 0.05) is 45.5 Å². The molecule has 1 aliphatic heterocycles. The predicted octanol–water partition coefficient (Wildman–Crippen LogP) is 1.57. The van der Waals surface area contributed by atoms with Crippen LogP contribution in [0.3, 0.4) is 0 Å². The van der Waals surface area contributed by atoms with Crippen LogP contribution in [-0.2, 0) is 0 Å². The Morgan fingerprint density at radius 3 is 3.05 bits per heavy atom. The minimum atomic E-state index is 0.236. The van der Waals surface area contributed by atoms with Gasteiger partial charge in [-0.05, 0) is 31.5 Å². The second-order valence-electron chi connectivity index (χ2n) is 6.05. The summed E-state index contributed by atoms with van der Waals surface area (Å²) in [6.07, 6.45) is 6.60. The molecule has 0 bridgehead atoms. The summed E-state index contributed by atoms with van der Waals surface area (Å²) in [5.41, 5.74) is 2.30. The average Bonchev–Trinajstić information content (AvgIpc) is 2.95. The minimum absolute atomic E-state index is 0.236. The lowest BCUT2D eigenvalue weighted by atomic mass is 9.95. The quantitative estimate of drug-likeness (QED) is 0.927. The molecule has 0 aliphatic carbocycles. The number of aromatic nitrogens is 2. The monoisotopic (exact) mass is 288 g/mol. The fraction of sp³-hybridized carbons (Fsp3) is 0.562. The third-order valence-corrected chi connectivity index (χ3v) is 4.28. The summed E-state index contributed by atoms with van der Waals surface area (Å²) < 4.78 is 2.17. The zero-order valence-electron chi connectivity index (χ0n) is 12.9. The molecule has 2 aromatic rings. The van der Waals surface area contributed by atoms with Crippen LogP contribution in [0.4, 0.5) is 5.82 Å². The van der Waals surface area contributed by atoms with E-state index in [9.17, 15) is 0 Å². The van der Waals surface area contributed by atoms with E-state index in [4.69, 9.17) is 10.1 Å². The van der Waals surface area contributed by atoms with Crippen LogP contribution in [0.25, 0.3) is 5.52 Å². The van der Waals surface area contributed by atoms with Crippen molar-refractivity contribution in [2.75, 3.05) is 45.2 Å². The van der Waals surface area contributed by atoms with Gasteiger partial charge in [0.25, 0.3) is 0 Å². The summed E-state index contributed by atoms with van der Waals surface area (Å²) in [7, 11) is 4.08. The van der Waals surface area contributed by atoms with Crippen LogP contribution in [-0.4, -0.2) is 59.7 Å². The molecule has 114 valence electrons. The van der Waals surface area contributed by atoms with E-state index >= 15 is 0 Å². The molecule has 0 amide bonds. The lowest BCUT2D eigenvalue weighted by Crippen LogP contribution is -2.36. The molecule has 1 N–H and O–H groups in total. The first-order valence-electron chi connectivity index (χ1n) is 7.67. The third-order valence-electron chi connectivity index (χ3n) is 4.28. The Morgan fingerprint density at radius 2 is 2.29 bits per heavy atom. The Hall–Kier alpha value is -1.59. The molecule has 1 saturated heterocycles. The van der Waals surface area contributed by atoms with Crippen LogP contribution in [0, 0.1) is 0 Å². The van der Waals surface area contributed by atoms with E-state index < -0.39 is 0 Å². The molecule has 5 heteroatoms. The van der Waals surface area contributed by atoms with Gasteiger partial charge in [-0.1, -0.05) is 0 Å². The number of hydrogen-bond acceptors (Lipinski definition) is 4. The highest BCUT2D eigenvalue weighted by atomic mass is 16.3. The first-order chi connectivity index (χ1) is 10.2. The van der Waals surface area contributed by atoms with Gasteiger partial charge in [-0.2, -0.15) is 0 Å². The van der Waals surface area contributed by atoms with Crippen LogP contribution in [0.5, 0.6) is 0 Å². The molecular formula is C16H24N4O. The van der Waals surface area contributed by atoms with Crippen LogP contribution < -0.4 is 4.90 Å². The summed E-state index contributed by atoms with van der Waals surface area (Å²) in [4.78, 5) is 9.32. The zero-order valence-corrected chi connectivity index (χ0v) is 12.9. The van der Waals surface area contributed by atoms with Gasteiger partial charge in [0.2, 0.25) is 0 Å². The minimum Gasteiger partial charge on any atom is -0.395 e. The Kier molecular flexibility index (Phi) is 4.12. The van der Waals surface area contributed by atoms with Crippen molar-refractivity contribution in [3.8, 4) is 0 Å². The highest BCUT2D eigenvalue weighted by Crippen LogP contribution is 2.28. The molecule has 0 spiro atoms. The molecule has 5 nitrogen and oxygen atoms in total. The van der Waals surface area contributed by atoms with Gasteiger partial charge in [0.15, 0.2) is 5.82 Å². The Labute approximate surface area is 125 Å². The number of likely N-dealkylation sites (tertiary alicyclic amines) is 1. The largest absolute Gasteiger partial charge is 0.395 e. The van der Waals surface area contributed by atoms with E-state index in [-0.39, 0.29) is 6.61 Å². The molecule has 1 aliphatic rings. The number of aliphatic hydroxyl groups is 1. The maximum absolute atomic E-state index is 9.14. The third kappa shape index (κ3) is 2.89. The SMILES string of the molecule is CN(C)c1nc(C2CCCN(CCO)C2)cn2cccc12. The summed E-state index contributed by atoms with van der Waals surface area (Å²) in [6, 6.07) is 4.16. The molecule has 2 aromatic heterocycles. The van der Waals surface area contributed by atoms with Crippen molar-refractivity contribution in [1.82, 2.24) is 14.3 Å². The van der Waals surface area contributed by atoms with E-state index in [1.54, 1.807) is 0 Å². The molecule has 1 fully saturated rings. The molecule has 3 rings (SSSR count). The van der Waals surface area contributed by atoms with Gasteiger partial charge < -0.3 is 19.3 Å². The van der Waals surface area contributed by atoms with Crippen molar-refractivity contribution in [3.63, 3.8) is 0 Å². The van der Waals surface area contributed by atoms with Gasteiger partial charge in [-0.15, -0.1) is 0 Å². The first-order valence-corrected chi connectivity index (χ1v) is 7.67. The number of rotatable bonds is 4. The maximum atomic E-state index is 9.14. The van der Waals surface area contributed by atoms with Crippen molar-refractivity contribution in [3.05, 3.63) is 30.2 Å². The molecule has 21 heavy (non-hydrogen) atoms. The van der Waals surface area contributed by atoms with E-state index in [1.807, 2.05) is 14.1 Å². The molecule has 0 aromatic carbocycles.